The number of anilines is 1. The van der Waals surface area contributed by atoms with E-state index in [0.29, 0.717) is 75.6 Å². The van der Waals surface area contributed by atoms with Crippen molar-refractivity contribution in [2.24, 2.45) is 0 Å². The second-order valence-electron chi connectivity index (χ2n) is 5.76. The average molecular weight is 389 g/mol. The first-order valence-corrected chi connectivity index (χ1v) is 9.18. The van der Waals surface area contributed by atoms with Crippen LogP contribution in [0.2, 0.25) is 0 Å². The number of hydrogen-bond donors (Lipinski definition) is 1. The molecule has 28 heavy (non-hydrogen) atoms. The van der Waals surface area contributed by atoms with E-state index in [9.17, 15) is 4.79 Å². The molecular weight excluding hydrogens is 362 g/mol. The quantitative estimate of drug-likeness (QED) is 0.284. The van der Waals surface area contributed by atoms with Gasteiger partial charge in [-0.15, -0.1) is 0 Å². The van der Waals surface area contributed by atoms with Gasteiger partial charge in [0, 0.05) is 5.56 Å². The summed E-state index contributed by atoms with van der Waals surface area (Å²) < 4.78 is 27.3. The zero-order valence-electron chi connectivity index (χ0n) is 15.9. The number of benzene rings is 2. The van der Waals surface area contributed by atoms with Crippen LogP contribution in [0.25, 0.3) is 0 Å². The molecule has 0 saturated heterocycles. The van der Waals surface area contributed by atoms with Crippen LogP contribution in [0, 0.1) is 0 Å². The van der Waals surface area contributed by atoms with Crippen LogP contribution in [0.3, 0.4) is 0 Å². The molecule has 0 fully saturated rings. The van der Waals surface area contributed by atoms with E-state index >= 15 is 0 Å². The lowest BCUT2D eigenvalue weighted by Crippen LogP contribution is -2.14. The minimum absolute atomic E-state index is 0.440. The van der Waals surface area contributed by atoms with E-state index in [0.717, 1.165) is 6.29 Å². The highest BCUT2D eigenvalue weighted by Gasteiger charge is 1.98. The van der Waals surface area contributed by atoms with Crippen molar-refractivity contribution >= 4 is 12.0 Å². The van der Waals surface area contributed by atoms with Crippen LogP contribution in [0.1, 0.15) is 10.4 Å². The number of carbonyl (C=O) groups excluding carboxylic acids is 1. The Morgan fingerprint density at radius 1 is 0.679 bits per heavy atom. The minimum atomic E-state index is 0.440. The summed E-state index contributed by atoms with van der Waals surface area (Å²) in [5.41, 5.74) is 7.02. The van der Waals surface area contributed by atoms with Crippen molar-refractivity contribution in [3.8, 4) is 11.5 Å². The third kappa shape index (κ3) is 8.85. The third-order valence-corrected chi connectivity index (χ3v) is 3.66. The highest BCUT2D eigenvalue weighted by Crippen LogP contribution is 2.19. The second kappa shape index (κ2) is 13.5. The lowest BCUT2D eigenvalue weighted by Gasteiger charge is -2.09. The largest absolute Gasteiger partial charge is 0.491 e. The zero-order valence-corrected chi connectivity index (χ0v) is 15.9. The Morgan fingerprint density at radius 3 is 1.79 bits per heavy atom. The third-order valence-electron chi connectivity index (χ3n) is 3.66. The van der Waals surface area contributed by atoms with Crippen LogP contribution in [0.15, 0.2) is 48.5 Å². The normalized spacial score (nSPS) is 10.6. The number of rotatable bonds is 15. The Hall–Kier alpha value is -2.61. The van der Waals surface area contributed by atoms with E-state index in [1.807, 2.05) is 18.2 Å². The summed E-state index contributed by atoms with van der Waals surface area (Å²) in [7, 11) is 0. The predicted octanol–water partition coefficient (Wildman–Crippen LogP) is 2.59. The molecule has 0 radical (unpaired) electrons. The first kappa shape index (κ1) is 21.7. The molecule has 2 rings (SSSR count). The lowest BCUT2D eigenvalue weighted by atomic mass is 10.2. The Balaban J connectivity index is 1.35. The number of nitrogens with two attached hydrogens (primary N) is 1. The van der Waals surface area contributed by atoms with Crippen LogP contribution < -0.4 is 15.2 Å². The maximum atomic E-state index is 10.6. The van der Waals surface area contributed by atoms with Gasteiger partial charge in [-0.25, -0.2) is 0 Å². The molecule has 0 bridgehead atoms. The van der Waals surface area contributed by atoms with Gasteiger partial charge in [-0.1, -0.05) is 12.1 Å². The van der Waals surface area contributed by atoms with Crippen molar-refractivity contribution in [3.05, 3.63) is 54.1 Å². The summed E-state index contributed by atoms with van der Waals surface area (Å²) >= 11 is 0. The molecule has 0 aromatic heterocycles. The Kier molecular flexibility index (Phi) is 10.5. The molecule has 0 aliphatic rings. The highest BCUT2D eigenvalue weighted by atomic mass is 16.6. The van der Waals surface area contributed by atoms with Gasteiger partial charge in [0.05, 0.1) is 45.3 Å². The maximum Gasteiger partial charge on any atom is 0.150 e. The fraction of sp³-hybridized carbons (Fsp3) is 0.381. The van der Waals surface area contributed by atoms with Crippen LogP contribution in [0.5, 0.6) is 11.5 Å². The molecule has 152 valence electrons. The summed E-state index contributed by atoms with van der Waals surface area (Å²) in [6.45, 7) is 3.79. The Bertz CT molecular complexity index is 677. The van der Waals surface area contributed by atoms with E-state index in [-0.39, 0.29) is 0 Å². The molecule has 0 aliphatic carbocycles. The molecule has 0 saturated carbocycles. The molecule has 0 spiro atoms. The molecule has 0 unspecified atom stereocenters. The standard InChI is InChI=1S/C21H27NO6/c22-20-3-1-2-4-21(20)28-16-14-26-12-10-24-9-11-25-13-15-27-19-7-5-18(17-23)6-8-19/h1-8,17H,9-16,22H2. The van der Waals surface area contributed by atoms with E-state index in [4.69, 9.17) is 29.4 Å². The van der Waals surface area contributed by atoms with Gasteiger partial charge in [-0.05, 0) is 36.4 Å². The summed E-state index contributed by atoms with van der Waals surface area (Å²) in [5, 5.41) is 0. The van der Waals surface area contributed by atoms with Gasteiger partial charge in [0.15, 0.2) is 0 Å². The number of aldehydes is 1. The molecule has 0 amide bonds. The Morgan fingerprint density at radius 2 is 1.21 bits per heavy atom. The molecule has 0 aliphatic heterocycles. The van der Waals surface area contributed by atoms with Crippen molar-refractivity contribution in [2.75, 3.05) is 58.6 Å². The summed E-state index contributed by atoms with van der Waals surface area (Å²) in [5.74, 6) is 1.38. The smallest absolute Gasteiger partial charge is 0.150 e. The van der Waals surface area contributed by atoms with Crippen LogP contribution in [-0.4, -0.2) is 59.1 Å². The fourth-order valence-corrected chi connectivity index (χ4v) is 2.23. The first-order valence-electron chi connectivity index (χ1n) is 9.18. The number of para-hydroxylation sites is 2. The number of ether oxygens (including phenoxy) is 5. The van der Waals surface area contributed by atoms with Crippen LogP contribution in [0.4, 0.5) is 5.69 Å². The van der Waals surface area contributed by atoms with E-state index in [1.54, 1.807) is 30.3 Å². The zero-order chi connectivity index (χ0) is 19.9. The average Bonchev–Trinajstić information content (AvgIpc) is 2.73. The molecule has 2 N–H and O–H groups in total. The van der Waals surface area contributed by atoms with Crippen molar-refractivity contribution in [1.29, 1.82) is 0 Å². The van der Waals surface area contributed by atoms with E-state index < -0.39 is 0 Å². The topological polar surface area (TPSA) is 89.2 Å². The van der Waals surface area contributed by atoms with Crippen molar-refractivity contribution in [3.63, 3.8) is 0 Å². The predicted molar refractivity (Wildman–Crippen MR) is 106 cm³/mol. The molecule has 0 atom stereocenters. The van der Waals surface area contributed by atoms with Crippen LogP contribution >= 0.6 is 0 Å². The summed E-state index contributed by atoms with van der Waals surface area (Å²) in [6.07, 6.45) is 0.798. The van der Waals surface area contributed by atoms with Gasteiger partial charge in [0.1, 0.15) is 31.0 Å². The van der Waals surface area contributed by atoms with E-state index in [1.165, 1.54) is 0 Å². The van der Waals surface area contributed by atoms with Crippen molar-refractivity contribution in [2.45, 2.75) is 0 Å². The fourth-order valence-electron chi connectivity index (χ4n) is 2.23. The SMILES string of the molecule is Nc1ccccc1OCCOCCOCCOCCOc1ccc(C=O)cc1. The van der Waals surface area contributed by atoms with Crippen molar-refractivity contribution in [1.82, 2.24) is 0 Å². The van der Waals surface area contributed by atoms with Gasteiger partial charge in [0.25, 0.3) is 0 Å². The van der Waals surface area contributed by atoms with E-state index in [2.05, 4.69) is 0 Å². The van der Waals surface area contributed by atoms with Gasteiger partial charge < -0.3 is 29.4 Å². The van der Waals surface area contributed by atoms with Crippen LogP contribution in [-0.2, 0) is 14.2 Å². The monoisotopic (exact) mass is 389 g/mol. The minimum Gasteiger partial charge on any atom is -0.491 e. The molecule has 0 heterocycles. The van der Waals surface area contributed by atoms with Gasteiger partial charge in [-0.3, -0.25) is 4.79 Å². The summed E-state index contributed by atoms with van der Waals surface area (Å²) in [4.78, 5) is 10.6. The lowest BCUT2D eigenvalue weighted by molar-refractivity contribution is 0.00502. The maximum absolute atomic E-state index is 10.6. The van der Waals surface area contributed by atoms with Crippen molar-refractivity contribution < 1.29 is 28.5 Å². The van der Waals surface area contributed by atoms with Gasteiger partial charge in [0.2, 0.25) is 0 Å². The number of carbonyl (C=O) groups is 1. The molecule has 7 heteroatoms. The second-order valence-corrected chi connectivity index (χ2v) is 5.76. The number of nitrogen functional groups attached to an aromatic ring is 1. The summed E-state index contributed by atoms with van der Waals surface area (Å²) in [6, 6.07) is 14.3. The van der Waals surface area contributed by atoms with Gasteiger partial charge in [-0.2, -0.15) is 0 Å². The van der Waals surface area contributed by atoms with Gasteiger partial charge >= 0.3 is 0 Å². The molecular formula is C21H27NO6. The molecule has 2 aromatic rings. The highest BCUT2D eigenvalue weighted by molar-refractivity contribution is 5.74. The first-order chi connectivity index (χ1) is 13.8. The Labute approximate surface area is 165 Å². The molecule has 7 nitrogen and oxygen atoms in total. The molecule has 2 aromatic carbocycles. The number of hydrogen-bond acceptors (Lipinski definition) is 7.